The molecule has 4 heterocycles. The van der Waals surface area contributed by atoms with E-state index >= 15 is 0 Å². The van der Waals surface area contributed by atoms with Crippen LogP contribution in [0.4, 0.5) is 17.2 Å². The van der Waals surface area contributed by atoms with E-state index in [0.29, 0.717) is 12.5 Å². The number of nitrogens with two attached hydrogens (primary N) is 1. The summed E-state index contributed by atoms with van der Waals surface area (Å²) in [6.07, 6.45) is 3.71. The number of anilines is 3. The smallest absolute Gasteiger partial charge is 0.165 e. The van der Waals surface area contributed by atoms with Crippen molar-refractivity contribution in [1.29, 1.82) is 0 Å². The molecule has 168 valence electrons. The molecule has 8 nitrogen and oxygen atoms in total. The largest absolute Gasteiger partial charge is 0.470 e. The first-order chi connectivity index (χ1) is 16.1. The molecule has 2 aliphatic heterocycles. The molecule has 0 bridgehead atoms. The molecule has 1 atom stereocenters. The van der Waals surface area contributed by atoms with E-state index in [1.807, 2.05) is 4.68 Å². The summed E-state index contributed by atoms with van der Waals surface area (Å²) in [6.45, 7) is 6.64. The topological polar surface area (TPSA) is 94.1 Å². The van der Waals surface area contributed by atoms with Crippen LogP contribution in [0.5, 0.6) is 5.75 Å². The van der Waals surface area contributed by atoms with Gasteiger partial charge in [-0.3, -0.25) is 0 Å². The molecule has 0 amide bonds. The van der Waals surface area contributed by atoms with Gasteiger partial charge in [-0.2, -0.15) is 5.10 Å². The molecule has 3 N–H and O–H groups in total. The lowest BCUT2D eigenvalue weighted by atomic mass is 10.1. The molecule has 0 radical (unpaired) electrons. The maximum atomic E-state index is 6.30. The Hall–Kier alpha value is -3.65. The molecule has 0 saturated carbocycles. The van der Waals surface area contributed by atoms with Gasteiger partial charge in [-0.15, -0.1) is 0 Å². The summed E-state index contributed by atoms with van der Waals surface area (Å²) in [4.78, 5) is 11.0. The fraction of sp³-hybridized carbons (Fsp3) is 0.320. The minimum absolute atomic E-state index is 0.258. The van der Waals surface area contributed by atoms with Gasteiger partial charge in [-0.1, -0.05) is 18.2 Å². The Balaban J connectivity index is 1.39. The van der Waals surface area contributed by atoms with E-state index in [9.17, 15) is 0 Å². The predicted octanol–water partition coefficient (Wildman–Crippen LogP) is 4.10. The highest BCUT2D eigenvalue weighted by Crippen LogP contribution is 2.42. The van der Waals surface area contributed by atoms with E-state index in [1.165, 1.54) is 11.9 Å². The maximum Gasteiger partial charge on any atom is 0.165 e. The van der Waals surface area contributed by atoms with E-state index in [1.54, 1.807) is 0 Å². The Kier molecular flexibility index (Phi) is 4.69. The quantitative estimate of drug-likeness (QED) is 0.494. The molecule has 8 heteroatoms. The maximum absolute atomic E-state index is 6.30. The van der Waals surface area contributed by atoms with E-state index < -0.39 is 0 Å². The summed E-state index contributed by atoms with van der Waals surface area (Å²) in [6, 6.07) is 13.0. The van der Waals surface area contributed by atoms with Crippen LogP contribution in [0.25, 0.3) is 22.3 Å². The number of hydrogen-bond acceptors (Lipinski definition) is 7. The van der Waals surface area contributed by atoms with Crippen LogP contribution >= 0.6 is 0 Å². The van der Waals surface area contributed by atoms with Crippen molar-refractivity contribution in [3.8, 4) is 17.0 Å². The second-order valence-corrected chi connectivity index (χ2v) is 8.93. The SMILES string of the molecule is Cc1cc(C)c2c(c1)N(c1ccc(-c3nn(C4CCCNC4)c4ncnc(N)c34)cc1)CO2. The lowest BCUT2D eigenvalue weighted by Gasteiger charge is -2.23. The number of benzene rings is 2. The van der Waals surface area contributed by atoms with Gasteiger partial charge in [0.25, 0.3) is 0 Å². The van der Waals surface area contributed by atoms with Crippen molar-refractivity contribution < 1.29 is 4.74 Å². The van der Waals surface area contributed by atoms with Crippen LogP contribution in [-0.2, 0) is 0 Å². The summed E-state index contributed by atoms with van der Waals surface area (Å²) in [7, 11) is 0. The zero-order valence-corrected chi connectivity index (χ0v) is 18.9. The van der Waals surface area contributed by atoms with E-state index in [2.05, 4.69) is 70.4 Å². The second-order valence-electron chi connectivity index (χ2n) is 8.93. The first kappa shape index (κ1) is 20.0. The van der Waals surface area contributed by atoms with Crippen molar-refractivity contribution in [3.05, 3.63) is 53.9 Å². The van der Waals surface area contributed by atoms with Crippen LogP contribution in [0.1, 0.15) is 30.0 Å². The van der Waals surface area contributed by atoms with Gasteiger partial charge in [0.05, 0.1) is 17.1 Å². The Labute approximate surface area is 192 Å². The van der Waals surface area contributed by atoms with Crippen LogP contribution in [0.15, 0.2) is 42.7 Å². The van der Waals surface area contributed by atoms with Crippen molar-refractivity contribution in [2.45, 2.75) is 32.7 Å². The molecule has 0 aliphatic carbocycles. The molecule has 0 spiro atoms. The molecule has 1 saturated heterocycles. The van der Waals surface area contributed by atoms with Crippen molar-refractivity contribution in [2.24, 2.45) is 0 Å². The molecule has 2 aliphatic rings. The first-order valence-electron chi connectivity index (χ1n) is 11.4. The lowest BCUT2D eigenvalue weighted by molar-refractivity contribution is 0.354. The molecule has 33 heavy (non-hydrogen) atoms. The average molecular weight is 442 g/mol. The van der Waals surface area contributed by atoms with Gasteiger partial charge in [0.2, 0.25) is 0 Å². The van der Waals surface area contributed by atoms with Crippen LogP contribution in [0, 0.1) is 13.8 Å². The number of rotatable bonds is 3. The number of nitrogen functional groups attached to an aromatic ring is 1. The van der Waals surface area contributed by atoms with Gasteiger partial charge >= 0.3 is 0 Å². The van der Waals surface area contributed by atoms with Crippen LogP contribution in [-0.4, -0.2) is 39.6 Å². The average Bonchev–Trinajstić information content (AvgIpc) is 3.43. The zero-order chi connectivity index (χ0) is 22.5. The minimum Gasteiger partial charge on any atom is -0.470 e. The molecular weight excluding hydrogens is 414 g/mol. The molecular formula is C25H27N7O. The Morgan fingerprint density at radius 2 is 1.97 bits per heavy atom. The monoisotopic (exact) mass is 441 g/mol. The number of aromatic nitrogens is 4. The summed E-state index contributed by atoms with van der Waals surface area (Å²) < 4.78 is 8.01. The predicted molar refractivity (Wildman–Crippen MR) is 130 cm³/mol. The molecule has 4 aromatic rings. The van der Waals surface area contributed by atoms with E-state index in [0.717, 1.165) is 70.9 Å². The second kappa shape index (κ2) is 7.74. The van der Waals surface area contributed by atoms with Gasteiger partial charge in [0.1, 0.15) is 23.6 Å². The number of ether oxygens (including phenoxy) is 1. The van der Waals surface area contributed by atoms with Gasteiger partial charge in [-0.05, 0) is 62.6 Å². The third-order valence-electron chi connectivity index (χ3n) is 6.62. The summed E-state index contributed by atoms with van der Waals surface area (Å²) >= 11 is 0. The summed E-state index contributed by atoms with van der Waals surface area (Å²) in [5.41, 5.74) is 13.5. The summed E-state index contributed by atoms with van der Waals surface area (Å²) in [5.74, 6) is 1.42. The number of fused-ring (bicyclic) bond motifs is 2. The normalized spacial score (nSPS) is 17.9. The number of nitrogens with zero attached hydrogens (tertiary/aromatic N) is 5. The van der Waals surface area contributed by atoms with E-state index in [-0.39, 0.29) is 6.04 Å². The van der Waals surface area contributed by atoms with E-state index in [4.69, 9.17) is 15.6 Å². The molecule has 1 unspecified atom stereocenters. The summed E-state index contributed by atoms with van der Waals surface area (Å²) in [5, 5.41) is 9.27. The molecule has 6 rings (SSSR count). The van der Waals surface area contributed by atoms with Crippen LogP contribution < -0.4 is 20.7 Å². The zero-order valence-electron chi connectivity index (χ0n) is 18.9. The van der Waals surface area contributed by atoms with Gasteiger partial charge in [0, 0.05) is 17.8 Å². The van der Waals surface area contributed by atoms with Crippen molar-refractivity contribution in [3.63, 3.8) is 0 Å². The third kappa shape index (κ3) is 3.29. The van der Waals surface area contributed by atoms with Gasteiger partial charge in [0.15, 0.2) is 12.4 Å². The first-order valence-corrected chi connectivity index (χ1v) is 11.4. The number of aryl methyl sites for hydroxylation is 2. The standard InChI is InChI=1S/C25H27N7O/c1-15-10-16(2)23-20(11-15)31(14-33-23)18-7-5-17(6-8-18)22-21-24(26)28-13-29-25(21)32(30-22)19-4-3-9-27-12-19/h5-8,10-11,13,19,27H,3-4,9,12,14H2,1-2H3,(H2,26,28,29). The van der Waals surface area contributed by atoms with Gasteiger partial charge < -0.3 is 20.7 Å². The fourth-order valence-electron chi connectivity index (χ4n) is 5.03. The number of hydrogen-bond donors (Lipinski definition) is 2. The van der Waals surface area contributed by atoms with Crippen LogP contribution in [0.3, 0.4) is 0 Å². The highest BCUT2D eigenvalue weighted by molar-refractivity contribution is 5.98. The molecule has 2 aromatic carbocycles. The third-order valence-corrected chi connectivity index (χ3v) is 6.62. The highest BCUT2D eigenvalue weighted by Gasteiger charge is 2.26. The molecule has 1 fully saturated rings. The van der Waals surface area contributed by atoms with Gasteiger partial charge in [-0.25, -0.2) is 14.6 Å². The Bertz CT molecular complexity index is 1340. The number of piperidine rings is 1. The Morgan fingerprint density at radius 3 is 2.76 bits per heavy atom. The molecule has 2 aromatic heterocycles. The lowest BCUT2D eigenvalue weighted by Crippen LogP contribution is -2.32. The fourth-order valence-corrected chi connectivity index (χ4v) is 5.03. The van der Waals surface area contributed by atoms with Crippen molar-refractivity contribution >= 4 is 28.2 Å². The van der Waals surface area contributed by atoms with Crippen LogP contribution in [0.2, 0.25) is 0 Å². The number of nitrogens with one attached hydrogen (secondary N) is 1. The minimum atomic E-state index is 0.258. The van der Waals surface area contributed by atoms with Crippen molar-refractivity contribution in [2.75, 3.05) is 30.5 Å². The van der Waals surface area contributed by atoms with Crippen molar-refractivity contribution in [1.82, 2.24) is 25.1 Å². The highest BCUT2D eigenvalue weighted by atomic mass is 16.5. The Morgan fingerprint density at radius 1 is 1.12 bits per heavy atom.